The van der Waals surface area contributed by atoms with E-state index in [1.54, 1.807) is 24.3 Å². The van der Waals surface area contributed by atoms with Gasteiger partial charge in [0.15, 0.2) is 0 Å². The number of nitro benzene ring substituents is 1. The second-order valence-electron chi connectivity index (χ2n) is 5.57. The molecule has 8 nitrogen and oxygen atoms in total. The highest BCUT2D eigenvalue weighted by molar-refractivity contribution is 6.03. The molecular formula is C19H15N3O5. The summed E-state index contributed by atoms with van der Waals surface area (Å²) >= 11 is 0. The number of amides is 1. The Morgan fingerprint density at radius 3 is 2.41 bits per heavy atom. The highest BCUT2D eigenvalue weighted by Gasteiger charge is 2.13. The summed E-state index contributed by atoms with van der Waals surface area (Å²) in [5, 5.41) is 13.3. The Hall–Kier alpha value is -3.94. The largest absolute Gasteiger partial charge is 0.406 e. The zero-order valence-corrected chi connectivity index (χ0v) is 14.1. The summed E-state index contributed by atoms with van der Waals surface area (Å²) in [5.74, 6) is -0.542. The summed E-state index contributed by atoms with van der Waals surface area (Å²) in [6.45, 7) is 0.0155. The summed E-state index contributed by atoms with van der Waals surface area (Å²) in [5.41, 5.74) is 0.518. The first kappa shape index (κ1) is 17.9. The number of nitrogens with zero attached hydrogens (tertiary/aromatic N) is 2. The molecular weight excluding hydrogens is 350 g/mol. The van der Waals surface area contributed by atoms with Crippen LogP contribution >= 0.6 is 0 Å². The molecule has 1 amide bonds. The van der Waals surface area contributed by atoms with Gasteiger partial charge in [0.05, 0.1) is 4.92 Å². The van der Waals surface area contributed by atoms with Crippen LogP contribution in [0.15, 0.2) is 77.7 Å². The number of benzene rings is 2. The Morgan fingerprint density at radius 1 is 1.04 bits per heavy atom. The van der Waals surface area contributed by atoms with Crippen LogP contribution in [0, 0.1) is 10.1 Å². The second kappa shape index (κ2) is 7.96. The molecule has 2 aromatic carbocycles. The first-order chi connectivity index (χ1) is 13.0. The van der Waals surface area contributed by atoms with Crippen LogP contribution in [0.5, 0.6) is 0 Å². The molecule has 1 N–H and O–H groups in total. The van der Waals surface area contributed by atoms with E-state index in [0.717, 1.165) is 4.73 Å². The van der Waals surface area contributed by atoms with E-state index in [1.807, 2.05) is 6.07 Å². The third-order valence-corrected chi connectivity index (χ3v) is 3.71. The normalized spacial score (nSPS) is 10.2. The van der Waals surface area contributed by atoms with Crippen molar-refractivity contribution in [1.29, 1.82) is 0 Å². The van der Waals surface area contributed by atoms with Gasteiger partial charge in [-0.2, -0.15) is 4.73 Å². The molecule has 0 fully saturated rings. The van der Waals surface area contributed by atoms with Crippen LogP contribution in [0.4, 0.5) is 11.4 Å². The van der Waals surface area contributed by atoms with E-state index in [4.69, 9.17) is 4.84 Å². The van der Waals surface area contributed by atoms with E-state index in [9.17, 15) is 19.7 Å². The molecule has 8 heteroatoms. The van der Waals surface area contributed by atoms with Crippen molar-refractivity contribution in [2.75, 3.05) is 5.32 Å². The maximum atomic E-state index is 12.5. The molecule has 0 aliphatic carbocycles. The minimum atomic E-state index is -0.604. The van der Waals surface area contributed by atoms with Gasteiger partial charge in [-0.3, -0.25) is 19.7 Å². The topological polar surface area (TPSA) is 103 Å². The lowest BCUT2D eigenvalue weighted by atomic mass is 10.2. The predicted octanol–water partition coefficient (Wildman–Crippen LogP) is 2.64. The molecule has 0 aliphatic heterocycles. The Kier molecular flexibility index (Phi) is 5.27. The smallest absolute Gasteiger partial charge is 0.295 e. The van der Waals surface area contributed by atoms with Crippen molar-refractivity contribution < 1.29 is 14.6 Å². The third kappa shape index (κ3) is 4.37. The number of aromatic nitrogens is 1. The molecule has 0 spiro atoms. The molecule has 0 unspecified atom stereocenters. The first-order valence-electron chi connectivity index (χ1n) is 7.99. The Balaban J connectivity index is 1.72. The lowest BCUT2D eigenvalue weighted by Gasteiger charge is -2.10. The molecule has 0 radical (unpaired) electrons. The Bertz CT molecular complexity index is 1010. The van der Waals surface area contributed by atoms with Crippen molar-refractivity contribution in [3.8, 4) is 0 Å². The molecule has 0 bridgehead atoms. The van der Waals surface area contributed by atoms with Gasteiger partial charge in [-0.05, 0) is 42.0 Å². The van der Waals surface area contributed by atoms with Crippen LogP contribution in [-0.2, 0) is 6.61 Å². The fraction of sp³-hybridized carbons (Fsp3) is 0.0526. The molecule has 0 saturated carbocycles. The number of hydrogen-bond acceptors (Lipinski definition) is 5. The second-order valence-corrected chi connectivity index (χ2v) is 5.57. The lowest BCUT2D eigenvalue weighted by Crippen LogP contribution is -2.32. The number of pyridine rings is 1. The summed E-state index contributed by atoms with van der Waals surface area (Å²) in [6, 6.07) is 17.5. The number of nitrogens with one attached hydrogen (secondary N) is 1. The van der Waals surface area contributed by atoms with Gasteiger partial charge in [0.1, 0.15) is 12.2 Å². The van der Waals surface area contributed by atoms with Crippen LogP contribution in [0.1, 0.15) is 15.9 Å². The van der Waals surface area contributed by atoms with Crippen molar-refractivity contribution in [1.82, 2.24) is 4.73 Å². The van der Waals surface area contributed by atoms with Crippen LogP contribution in [0.2, 0.25) is 0 Å². The fourth-order valence-electron chi connectivity index (χ4n) is 2.33. The highest BCUT2D eigenvalue weighted by atomic mass is 16.7. The number of nitro groups is 1. The van der Waals surface area contributed by atoms with Gasteiger partial charge in [0.25, 0.3) is 17.2 Å². The van der Waals surface area contributed by atoms with Crippen LogP contribution < -0.4 is 15.7 Å². The highest BCUT2D eigenvalue weighted by Crippen LogP contribution is 2.12. The van der Waals surface area contributed by atoms with Crippen LogP contribution in [-0.4, -0.2) is 15.6 Å². The van der Waals surface area contributed by atoms with Crippen molar-refractivity contribution in [2.45, 2.75) is 6.61 Å². The van der Waals surface area contributed by atoms with Gasteiger partial charge in [-0.25, -0.2) is 0 Å². The number of carbonyl (C=O) groups is 1. The molecule has 27 heavy (non-hydrogen) atoms. The summed E-state index contributed by atoms with van der Waals surface area (Å²) in [6.07, 6.45) is 1.40. The summed E-state index contributed by atoms with van der Waals surface area (Å²) in [7, 11) is 0. The van der Waals surface area contributed by atoms with E-state index < -0.39 is 16.4 Å². The molecule has 0 saturated heterocycles. The number of non-ortho nitro benzene ring substituents is 1. The molecule has 1 aromatic heterocycles. The average Bonchev–Trinajstić information content (AvgIpc) is 2.68. The van der Waals surface area contributed by atoms with Crippen LogP contribution in [0.3, 0.4) is 0 Å². The molecule has 1 heterocycles. The van der Waals surface area contributed by atoms with Gasteiger partial charge >= 0.3 is 0 Å². The minimum absolute atomic E-state index is 0.0155. The van der Waals surface area contributed by atoms with Crippen molar-refractivity contribution in [3.05, 3.63) is 105 Å². The van der Waals surface area contributed by atoms with E-state index >= 15 is 0 Å². The predicted molar refractivity (Wildman–Crippen MR) is 98.5 cm³/mol. The van der Waals surface area contributed by atoms with E-state index in [1.165, 1.54) is 42.6 Å². The average molecular weight is 365 g/mol. The SMILES string of the molecule is O=C(Nc1ccccc1)c1cccn(OCc2ccc([N+](=O)[O-])cc2)c1=O. The number of hydrogen-bond donors (Lipinski definition) is 1. The van der Waals surface area contributed by atoms with E-state index in [0.29, 0.717) is 11.3 Å². The Labute approximate surface area is 153 Å². The van der Waals surface area contributed by atoms with Gasteiger partial charge in [-0.15, -0.1) is 0 Å². The van der Waals surface area contributed by atoms with Crippen molar-refractivity contribution >= 4 is 17.3 Å². The quantitative estimate of drug-likeness (QED) is 0.534. The summed E-state index contributed by atoms with van der Waals surface area (Å²) in [4.78, 5) is 40.4. The number of rotatable bonds is 6. The van der Waals surface area contributed by atoms with E-state index in [-0.39, 0.29) is 17.9 Å². The monoisotopic (exact) mass is 365 g/mol. The van der Waals surface area contributed by atoms with Crippen LogP contribution in [0.25, 0.3) is 0 Å². The molecule has 136 valence electrons. The lowest BCUT2D eigenvalue weighted by molar-refractivity contribution is -0.384. The number of carbonyl (C=O) groups excluding carboxylic acids is 1. The maximum Gasteiger partial charge on any atom is 0.295 e. The zero-order chi connectivity index (χ0) is 19.2. The first-order valence-corrected chi connectivity index (χ1v) is 7.99. The molecule has 0 aliphatic rings. The van der Waals surface area contributed by atoms with E-state index in [2.05, 4.69) is 5.32 Å². The zero-order valence-electron chi connectivity index (χ0n) is 14.1. The van der Waals surface area contributed by atoms with Gasteiger partial charge in [0.2, 0.25) is 0 Å². The molecule has 0 atom stereocenters. The van der Waals surface area contributed by atoms with Crippen molar-refractivity contribution in [2.24, 2.45) is 0 Å². The van der Waals surface area contributed by atoms with Gasteiger partial charge in [0, 0.05) is 24.0 Å². The third-order valence-electron chi connectivity index (χ3n) is 3.71. The number of para-hydroxylation sites is 1. The standard InChI is InChI=1S/C19H15N3O5/c23-18(20-15-5-2-1-3-6-15)17-7-4-12-21(19(17)24)27-13-14-8-10-16(11-9-14)22(25)26/h1-12H,13H2,(H,20,23). The van der Waals surface area contributed by atoms with Gasteiger partial charge < -0.3 is 10.2 Å². The van der Waals surface area contributed by atoms with Crippen molar-refractivity contribution in [3.63, 3.8) is 0 Å². The minimum Gasteiger partial charge on any atom is -0.406 e. The summed E-state index contributed by atoms with van der Waals surface area (Å²) < 4.78 is 0.960. The molecule has 3 aromatic rings. The number of anilines is 1. The Morgan fingerprint density at radius 2 is 1.74 bits per heavy atom. The van der Waals surface area contributed by atoms with Gasteiger partial charge in [-0.1, -0.05) is 18.2 Å². The molecule has 3 rings (SSSR count). The maximum absolute atomic E-state index is 12.5. The fourth-order valence-corrected chi connectivity index (χ4v) is 2.33.